The molecule has 1 unspecified atom stereocenters. The molecule has 0 radical (unpaired) electrons. The number of carbonyl (C=O) groups is 2. The van der Waals surface area contributed by atoms with Gasteiger partial charge in [0.05, 0.1) is 28.4 Å². The third-order valence-corrected chi connectivity index (χ3v) is 8.22. The van der Waals surface area contributed by atoms with Crippen molar-refractivity contribution in [1.29, 1.82) is 0 Å². The number of amides is 1. The number of thiazole rings is 1. The molecule has 0 bridgehead atoms. The summed E-state index contributed by atoms with van der Waals surface area (Å²) in [4.78, 5) is 33.5. The molecule has 6 rings (SSSR count). The second kappa shape index (κ2) is 12.1. The highest BCUT2D eigenvalue weighted by Crippen LogP contribution is 2.45. The molecule has 0 aliphatic carbocycles. The highest BCUT2D eigenvalue weighted by molar-refractivity contribution is 7.22. The predicted molar refractivity (Wildman–Crippen MR) is 169 cm³/mol. The van der Waals surface area contributed by atoms with Crippen molar-refractivity contribution in [2.24, 2.45) is 0 Å². The van der Waals surface area contributed by atoms with E-state index in [1.807, 2.05) is 80.6 Å². The molecule has 1 aromatic heterocycles. The molecule has 1 N–H and O–H groups in total. The van der Waals surface area contributed by atoms with Crippen LogP contribution in [0.1, 0.15) is 41.6 Å². The van der Waals surface area contributed by atoms with Gasteiger partial charge in [0.25, 0.3) is 5.78 Å². The van der Waals surface area contributed by atoms with Crippen LogP contribution in [0.15, 0.2) is 103 Å². The van der Waals surface area contributed by atoms with E-state index in [0.29, 0.717) is 41.0 Å². The van der Waals surface area contributed by atoms with Crippen molar-refractivity contribution in [2.75, 3.05) is 11.5 Å². The van der Waals surface area contributed by atoms with Crippen molar-refractivity contribution in [3.63, 3.8) is 0 Å². The summed E-state index contributed by atoms with van der Waals surface area (Å²) >= 11 is 1.33. The number of hydrogen-bond acceptors (Lipinski definition) is 7. The Balaban J connectivity index is 1.44. The van der Waals surface area contributed by atoms with Crippen molar-refractivity contribution in [3.05, 3.63) is 125 Å². The molecule has 5 aromatic rings. The first-order valence-electron chi connectivity index (χ1n) is 14.1. The van der Waals surface area contributed by atoms with E-state index < -0.39 is 17.7 Å². The summed E-state index contributed by atoms with van der Waals surface area (Å²) in [5.74, 6) is -0.561. The van der Waals surface area contributed by atoms with Gasteiger partial charge in [-0.1, -0.05) is 66.8 Å². The normalized spacial score (nSPS) is 16.1. The fraction of sp³-hybridized carbons (Fsp3) is 0.171. The Bertz CT molecular complexity index is 1830. The van der Waals surface area contributed by atoms with Crippen LogP contribution >= 0.6 is 11.3 Å². The monoisotopic (exact) mass is 590 g/mol. The maximum atomic E-state index is 13.7. The number of aryl methyl sites for hydroxylation is 1. The number of aromatic nitrogens is 1. The molecule has 1 fully saturated rings. The Labute approximate surface area is 253 Å². The summed E-state index contributed by atoms with van der Waals surface area (Å²) in [6.45, 7) is 4.94. The van der Waals surface area contributed by atoms with Gasteiger partial charge < -0.3 is 14.6 Å². The number of aliphatic hydroxyl groups excluding tert-OH is 1. The predicted octanol–water partition coefficient (Wildman–Crippen LogP) is 7.60. The summed E-state index contributed by atoms with van der Waals surface area (Å²) in [5.41, 5.74) is 3.82. The number of benzene rings is 4. The fourth-order valence-electron chi connectivity index (χ4n) is 5.07. The molecule has 43 heavy (non-hydrogen) atoms. The number of ketones is 1. The minimum Gasteiger partial charge on any atom is -0.507 e. The van der Waals surface area contributed by atoms with Crippen LogP contribution in [-0.4, -0.2) is 28.4 Å². The lowest BCUT2D eigenvalue weighted by Crippen LogP contribution is -2.29. The topological polar surface area (TPSA) is 89.0 Å². The van der Waals surface area contributed by atoms with Crippen LogP contribution in [0.25, 0.3) is 16.0 Å². The Hall–Kier alpha value is -4.95. The Kier molecular flexibility index (Phi) is 7.94. The summed E-state index contributed by atoms with van der Waals surface area (Å²) in [6, 6.07) is 28.9. The summed E-state index contributed by atoms with van der Waals surface area (Å²) in [6.07, 6.45) is 0.866. The van der Waals surface area contributed by atoms with E-state index in [1.165, 1.54) is 16.2 Å². The Morgan fingerprint density at radius 1 is 0.907 bits per heavy atom. The highest BCUT2D eigenvalue weighted by atomic mass is 32.1. The quantitative estimate of drug-likeness (QED) is 0.108. The van der Waals surface area contributed by atoms with Crippen molar-refractivity contribution in [1.82, 2.24) is 4.98 Å². The zero-order chi connectivity index (χ0) is 29.9. The first kappa shape index (κ1) is 28.2. The van der Waals surface area contributed by atoms with Crippen LogP contribution in [-0.2, 0) is 16.2 Å². The lowest BCUT2D eigenvalue weighted by atomic mass is 9.95. The maximum absolute atomic E-state index is 13.7. The van der Waals surface area contributed by atoms with Crippen LogP contribution < -0.4 is 14.4 Å². The van der Waals surface area contributed by atoms with E-state index in [-0.39, 0.29) is 11.3 Å². The first-order chi connectivity index (χ1) is 20.9. The minimum absolute atomic E-state index is 0.0112. The van der Waals surface area contributed by atoms with Gasteiger partial charge in [-0.2, -0.15) is 0 Å². The van der Waals surface area contributed by atoms with Gasteiger partial charge in [-0.3, -0.25) is 14.5 Å². The van der Waals surface area contributed by atoms with Crippen molar-refractivity contribution >= 4 is 44.1 Å². The molecule has 1 atom stereocenters. The lowest BCUT2D eigenvalue weighted by molar-refractivity contribution is -0.132. The average molecular weight is 591 g/mol. The SMILES string of the molecule is CCCOc1ccc(/C(O)=C2\C(=O)C(=O)N(c3nc4ccc(C)cc4s3)C2c2cccc(OCc3ccccc3)c2)cc1. The molecule has 0 saturated carbocycles. The number of hydrogen-bond donors (Lipinski definition) is 1. The van der Waals surface area contributed by atoms with Crippen molar-refractivity contribution < 1.29 is 24.2 Å². The van der Waals surface area contributed by atoms with Crippen LogP contribution in [0.5, 0.6) is 11.5 Å². The molecular formula is C35H30N2O5S. The lowest BCUT2D eigenvalue weighted by Gasteiger charge is -2.23. The van der Waals surface area contributed by atoms with Crippen LogP contribution in [0.4, 0.5) is 5.13 Å². The van der Waals surface area contributed by atoms with Gasteiger partial charge in [-0.15, -0.1) is 0 Å². The van der Waals surface area contributed by atoms with E-state index in [4.69, 9.17) is 14.5 Å². The van der Waals surface area contributed by atoms with E-state index in [9.17, 15) is 14.7 Å². The third kappa shape index (κ3) is 5.74. The van der Waals surface area contributed by atoms with Gasteiger partial charge in [-0.05, 0) is 78.6 Å². The third-order valence-electron chi connectivity index (χ3n) is 7.21. The van der Waals surface area contributed by atoms with Gasteiger partial charge in [-0.25, -0.2) is 4.98 Å². The van der Waals surface area contributed by atoms with Gasteiger partial charge >= 0.3 is 5.91 Å². The van der Waals surface area contributed by atoms with Gasteiger partial charge in [0, 0.05) is 5.56 Å². The van der Waals surface area contributed by atoms with Gasteiger partial charge in [0.15, 0.2) is 5.13 Å². The number of rotatable bonds is 9. The minimum atomic E-state index is -0.919. The molecule has 0 spiro atoms. The standard InChI is InChI=1S/C35H30N2O5S/c1-3-18-41-26-15-13-24(14-16-26)32(38)30-31(25-10-7-11-27(20-25)42-21-23-8-5-4-6-9-23)37(34(40)33(30)39)35-36-28-17-12-22(2)19-29(28)43-35/h4-17,19-20,31,38H,3,18,21H2,1-2H3/b32-30+. The van der Waals surface area contributed by atoms with E-state index in [2.05, 4.69) is 0 Å². The van der Waals surface area contributed by atoms with E-state index in [0.717, 1.165) is 27.8 Å². The summed E-state index contributed by atoms with van der Waals surface area (Å²) in [7, 11) is 0. The maximum Gasteiger partial charge on any atom is 0.301 e. The number of Topliss-reactive ketones (excluding diaryl/α,β-unsaturated/α-hetero) is 1. The van der Waals surface area contributed by atoms with E-state index >= 15 is 0 Å². The molecule has 7 nitrogen and oxygen atoms in total. The molecule has 2 heterocycles. The van der Waals surface area contributed by atoms with E-state index in [1.54, 1.807) is 30.3 Å². The summed E-state index contributed by atoms with van der Waals surface area (Å²) in [5, 5.41) is 11.9. The smallest absolute Gasteiger partial charge is 0.301 e. The number of carbonyl (C=O) groups excluding carboxylic acids is 2. The summed E-state index contributed by atoms with van der Waals surface area (Å²) < 4.78 is 12.7. The van der Waals surface area contributed by atoms with Crippen molar-refractivity contribution in [3.8, 4) is 11.5 Å². The Morgan fingerprint density at radius 2 is 1.70 bits per heavy atom. The van der Waals surface area contributed by atoms with Crippen LogP contribution in [0, 0.1) is 6.92 Å². The molecule has 216 valence electrons. The second-order valence-corrected chi connectivity index (χ2v) is 11.4. The molecule has 1 aliphatic heterocycles. The number of anilines is 1. The fourth-order valence-corrected chi connectivity index (χ4v) is 6.16. The van der Waals surface area contributed by atoms with Crippen molar-refractivity contribution in [2.45, 2.75) is 32.9 Å². The molecule has 1 saturated heterocycles. The number of aliphatic hydroxyl groups is 1. The number of ether oxygens (including phenoxy) is 2. The number of fused-ring (bicyclic) bond motifs is 1. The van der Waals surface area contributed by atoms with Crippen LogP contribution in [0.3, 0.4) is 0 Å². The molecule has 1 aliphatic rings. The molecule has 1 amide bonds. The highest BCUT2D eigenvalue weighted by Gasteiger charge is 2.48. The average Bonchev–Trinajstić information content (AvgIpc) is 3.56. The van der Waals surface area contributed by atoms with Gasteiger partial charge in [0.1, 0.15) is 23.9 Å². The Morgan fingerprint density at radius 3 is 2.47 bits per heavy atom. The van der Waals surface area contributed by atoms with Crippen LogP contribution in [0.2, 0.25) is 0 Å². The zero-order valence-electron chi connectivity index (χ0n) is 23.8. The molecule has 8 heteroatoms. The molecular weight excluding hydrogens is 560 g/mol. The second-order valence-electron chi connectivity index (χ2n) is 10.4. The zero-order valence-corrected chi connectivity index (χ0v) is 24.6. The molecule has 4 aromatic carbocycles. The first-order valence-corrected chi connectivity index (χ1v) is 14.9. The van der Waals surface area contributed by atoms with Gasteiger partial charge in [0.2, 0.25) is 0 Å². The number of nitrogens with zero attached hydrogens (tertiary/aromatic N) is 2. The largest absolute Gasteiger partial charge is 0.507 e.